The summed E-state index contributed by atoms with van der Waals surface area (Å²) < 4.78 is 13.3. The van der Waals surface area contributed by atoms with Gasteiger partial charge in [-0.05, 0) is 37.6 Å². The van der Waals surface area contributed by atoms with E-state index < -0.39 is 0 Å². The lowest BCUT2D eigenvalue weighted by molar-refractivity contribution is 0.619. The van der Waals surface area contributed by atoms with Crippen LogP contribution in [0.2, 0.25) is 0 Å². The molecule has 2 nitrogen and oxygen atoms in total. The van der Waals surface area contributed by atoms with E-state index in [2.05, 4.69) is 11.8 Å². The van der Waals surface area contributed by atoms with Gasteiger partial charge in [-0.25, -0.2) is 4.39 Å². The highest BCUT2D eigenvalue weighted by molar-refractivity contribution is 7.99. The van der Waals surface area contributed by atoms with Gasteiger partial charge in [-0.2, -0.15) is 11.8 Å². The van der Waals surface area contributed by atoms with Crippen molar-refractivity contribution in [1.82, 2.24) is 0 Å². The Bertz CT molecular complexity index is 395. The Labute approximate surface area is 106 Å². The van der Waals surface area contributed by atoms with E-state index in [4.69, 9.17) is 5.73 Å². The fourth-order valence-corrected chi connectivity index (χ4v) is 3.25. The van der Waals surface area contributed by atoms with Crippen molar-refractivity contribution in [2.24, 2.45) is 5.73 Å². The Kier molecular flexibility index (Phi) is 3.94. The van der Waals surface area contributed by atoms with Crippen LogP contribution in [0.5, 0.6) is 0 Å². The first-order valence-electron chi connectivity index (χ1n) is 5.99. The molecule has 1 heterocycles. The first-order chi connectivity index (χ1) is 8.09. The van der Waals surface area contributed by atoms with E-state index >= 15 is 0 Å². The molecule has 0 aliphatic carbocycles. The summed E-state index contributed by atoms with van der Waals surface area (Å²) in [4.78, 5) is 2.34. The van der Waals surface area contributed by atoms with Gasteiger partial charge in [0.05, 0.1) is 0 Å². The summed E-state index contributed by atoms with van der Waals surface area (Å²) in [6.45, 7) is 5.12. The van der Waals surface area contributed by atoms with E-state index in [9.17, 15) is 4.39 Å². The molecule has 2 rings (SSSR count). The van der Waals surface area contributed by atoms with Gasteiger partial charge in [-0.15, -0.1) is 0 Å². The highest BCUT2D eigenvalue weighted by atomic mass is 32.2. The Morgan fingerprint density at radius 1 is 1.53 bits per heavy atom. The molecule has 1 saturated heterocycles. The lowest BCUT2D eigenvalue weighted by Crippen LogP contribution is -2.41. The third-order valence-electron chi connectivity index (χ3n) is 3.16. The fraction of sp³-hybridized carbons (Fsp3) is 0.538. The van der Waals surface area contributed by atoms with Crippen LogP contribution >= 0.6 is 11.8 Å². The molecule has 2 atom stereocenters. The first kappa shape index (κ1) is 12.7. The molecule has 2 N–H and O–H groups in total. The summed E-state index contributed by atoms with van der Waals surface area (Å²) in [6.07, 6.45) is 0. The van der Waals surface area contributed by atoms with Crippen molar-refractivity contribution in [2.45, 2.75) is 25.9 Å². The summed E-state index contributed by atoms with van der Waals surface area (Å²) in [7, 11) is 0. The molecule has 0 bridgehead atoms. The third-order valence-corrected chi connectivity index (χ3v) is 4.35. The van der Waals surface area contributed by atoms with Crippen LogP contribution in [-0.4, -0.2) is 24.1 Å². The summed E-state index contributed by atoms with van der Waals surface area (Å²) in [6, 6.07) is 5.30. The second kappa shape index (κ2) is 5.27. The SMILES string of the molecule is CC(N)c1cc(F)ccc1N1CCSCC1C. The predicted octanol–water partition coefficient (Wildman–Crippen LogP) is 2.79. The number of benzene rings is 1. The topological polar surface area (TPSA) is 29.3 Å². The van der Waals surface area contributed by atoms with Crippen molar-refractivity contribution < 1.29 is 4.39 Å². The first-order valence-corrected chi connectivity index (χ1v) is 7.14. The average molecular weight is 254 g/mol. The molecule has 0 amide bonds. The van der Waals surface area contributed by atoms with Gasteiger partial charge in [0.2, 0.25) is 0 Å². The quantitative estimate of drug-likeness (QED) is 0.880. The molecule has 0 spiro atoms. The predicted molar refractivity (Wildman–Crippen MR) is 73.1 cm³/mol. The fourth-order valence-electron chi connectivity index (χ4n) is 2.24. The highest BCUT2D eigenvalue weighted by Crippen LogP contribution is 2.30. The number of nitrogens with two attached hydrogens (primary N) is 1. The van der Waals surface area contributed by atoms with Crippen LogP contribution in [0.3, 0.4) is 0 Å². The van der Waals surface area contributed by atoms with Gasteiger partial charge in [0.25, 0.3) is 0 Å². The normalized spacial score (nSPS) is 22.6. The Balaban J connectivity index is 2.36. The maximum atomic E-state index is 13.3. The number of hydrogen-bond donors (Lipinski definition) is 1. The van der Waals surface area contributed by atoms with E-state index in [1.165, 1.54) is 6.07 Å². The molecule has 0 saturated carbocycles. The van der Waals surface area contributed by atoms with Crippen LogP contribution in [0.1, 0.15) is 25.5 Å². The van der Waals surface area contributed by atoms with E-state index in [1.54, 1.807) is 6.07 Å². The minimum Gasteiger partial charge on any atom is -0.367 e. The van der Waals surface area contributed by atoms with Crippen molar-refractivity contribution in [2.75, 3.05) is 23.0 Å². The summed E-state index contributed by atoms with van der Waals surface area (Å²) in [5.41, 5.74) is 7.94. The van der Waals surface area contributed by atoms with Gasteiger partial charge in [-0.1, -0.05) is 0 Å². The third kappa shape index (κ3) is 2.75. The Hall–Kier alpha value is -0.740. The van der Waals surface area contributed by atoms with Crippen LogP contribution < -0.4 is 10.6 Å². The monoisotopic (exact) mass is 254 g/mol. The zero-order valence-electron chi connectivity index (χ0n) is 10.3. The minimum absolute atomic E-state index is 0.137. The number of thioether (sulfide) groups is 1. The molecule has 1 aliphatic rings. The van der Waals surface area contributed by atoms with Gasteiger partial charge in [0.15, 0.2) is 0 Å². The summed E-state index contributed by atoms with van der Waals surface area (Å²) >= 11 is 1.97. The van der Waals surface area contributed by atoms with Crippen molar-refractivity contribution in [3.63, 3.8) is 0 Å². The van der Waals surface area contributed by atoms with E-state index in [1.807, 2.05) is 24.8 Å². The summed E-state index contributed by atoms with van der Waals surface area (Å²) in [5, 5.41) is 0. The van der Waals surface area contributed by atoms with Crippen LogP contribution in [0.25, 0.3) is 0 Å². The van der Waals surface area contributed by atoms with Gasteiger partial charge in [0.1, 0.15) is 5.82 Å². The van der Waals surface area contributed by atoms with Crippen LogP contribution in [0.15, 0.2) is 18.2 Å². The number of anilines is 1. The molecule has 0 radical (unpaired) electrons. The average Bonchev–Trinajstić information content (AvgIpc) is 2.30. The largest absolute Gasteiger partial charge is 0.367 e. The van der Waals surface area contributed by atoms with Crippen LogP contribution in [-0.2, 0) is 0 Å². The molecule has 4 heteroatoms. The molecule has 1 fully saturated rings. The molecule has 0 aromatic heterocycles. The smallest absolute Gasteiger partial charge is 0.123 e. The number of nitrogens with zero attached hydrogens (tertiary/aromatic N) is 1. The van der Waals surface area contributed by atoms with Crippen LogP contribution in [0.4, 0.5) is 10.1 Å². The molecular weight excluding hydrogens is 235 g/mol. The Morgan fingerprint density at radius 2 is 2.29 bits per heavy atom. The van der Waals surface area contributed by atoms with Crippen molar-refractivity contribution >= 4 is 17.4 Å². The molecule has 17 heavy (non-hydrogen) atoms. The van der Waals surface area contributed by atoms with Crippen molar-refractivity contribution in [3.8, 4) is 0 Å². The van der Waals surface area contributed by atoms with Gasteiger partial charge >= 0.3 is 0 Å². The minimum atomic E-state index is -0.208. The van der Waals surface area contributed by atoms with Crippen molar-refractivity contribution in [1.29, 1.82) is 0 Å². The van der Waals surface area contributed by atoms with E-state index in [-0.39, 0.29) is 11.9 Å². The highest BCUT2D eigenvalue weighted by Gasteiger charge is 2.22. The molecule has 1 aliphatic heterocycles. The van der Waals surface area contributed by atoms with E-state index in [0.717, 1.165) is 29.3 Å². The van der Waals surface area contributed by atoms with Crippen molar-refractivity contribution in [3.05, 3.63) is 29.6 Å². The second-order valence-corrected chi connectivity index (χ2v) is 5.76. The second-order valence-electron chi connectivity index (χ2n) is 4.61. The van der Waals surface area contributed by atoms with Gasteiger partial charge in [0, 0.05) is 35.8 Å². The zero-order chi connectivity index (χ0) is 12.4. The molecule has 94 valence electrons. The molecule has 1 aromatic rings. The summed E-state index contributed by atoms with van der Waals surface area (Å²) in [5.74, 6) is 2.04. The number of halogens is 1. The molecular formula is C13H19FN2S. The number of hydrogen-bond acceptors (Lipinski definition) is 3. The molecule has 1 aromatic carbocycles. The Morgan fingerprint density at radius 3 is 2.94 bits per heavy atom. The van der Waals surface area contributed by atoms with Gasteiger partial charge in [-0.3, -0.25) is 0 Å². The standard InChI is InChI=1S/C13H19FN2S/c1-9-8-17-6-5-16(9)13-4-3-11(14)7-12(13)10(2)15/h3-4,7,9-10H,5-6,8,15H2,1-2H3. The van der Waals surface area contributed by atoms with E-state index in [0.29, 0.717) is 6.04 Å². The zero-order valence-corrected chi connectivity index (χ0v) is 11.1. The maximum Gasteiger partial charge on any atom is 0.123 e. The van der Waals surface area contributed by atoms with Crippen LogP contribution in [0, 0.1) is 5.82 Å². The molecule has 2 unspecified atom stereocenters. The van der Waals surface area contributed by atoms with Gasteiger partial charge < -0.3 is 10.6 Å². The number of rotatable bonds is 2. The maximum absolute atomic E-state index is 13.3. The lowest BCUT2D eigenvalue weighted by atomic mass is 10.0. The lowest BCUT2D eigenvalue weighted by Gasteiger charge is -2.36.